The smallest absolute Gasteiger partial charge is 0.0568 e. The molecule has 0 aromatic heterocycles. The van der Waals surface area contributed by atoms with Gasteiger partial charge in [-0.1, -0.05) is 31.4 Å². The normalized spacial score (nSPS) is 23.9. The predicted octanol–water partition coefficient (Wildman–Crippen LogP) is 5.87. The zero-order valence-electron chi connectivity index (χ0n) is 10.9. The van der Waals surface area contributed by atoms with Crippen LogP contribution in [0.2, 0.25) is 5.02 Å². The number of halogens is 2. The molecule has 0 bridgehead atoms. The van der Waals surface area contributed by atoms with Crippen LogP contribution in [0.5, 0.6) is 0 Å². The first-order valence-corrected chi connectivity index (χ1v) is 8.07. The predicted molar refractivity (Wildman–Crippen MR) is 83.4 cm³/mol. The lowest BCUT2D eigenvalue weighted by Gasteiger charge is -2.29. The molecule has 0 heterocycles. The zero-order valence-corrected chi connectivity index (χ0v) is 13.2. The third-order valence-corrected chi connectivity index (χ3v) is 5.07. The average molecular weight is 331 g/mol. The van der Waals surface area contributed by atoms with Crippen molar-refractivity contribution in [2.24, 2.45) is 5.92 Å². The minimum Gasteiger partial charge on any atom is -0.382 e. The van der Waals surface area contributed by atoms with Gasteiger partial charge in [-0.15, -0.1) is 0 Å². The van der Waals surface area contributed by atoms with E-state index in [1.165, 1.54) is 38.5 Å². The van der Waals surface area contributed by atoms with Crippen molar-refractivity contribution < 1.29 is 0 Å². The molecule has 0 saturated heterocycles. The fourth-order valence-electron chi connectivity index (χ4n) is 2.83. The molecule has 1 fully saturated rings. The van der Waals surface area contributed by atoms with E-state index >= 15 is 0 Å². The van der Waals surface area contributed by atoms with Gasteiger partial charge >= 0.3 is 0 Å². The minimum atomic E-state index is 0.621. The second kappa shape index (κ2) is 6.81. The van der Waals surface area contributed by atoms with Crippen molar-refractivity contribution in [3.63, 3.8) is 0 Å². The van der Waals surface area contributed by atoms with E-state index in [2.05, 4.69) is 34.2 Å². The molecule has 0 amide bonds. The fourth-order valence-corrected chi connectivity index (χ4v) is 3.25. The van der Waals surface area contributed by atoms with Gasteiger partial charge < -0.3 is 5.32 Å². The lowest BCUT2D eigenvalue weighted by molar-refractivity contribution is 0.319. The van der Waals surface area contributed by atoms with Crippen LogP contribution >= 0.6 is 27.5 Å². The number of hydrogen-bond donors (Lipinski definition) is 1. The second-order valence-corrected chi connectivity index (χ2v) is 6.54. The first-order chi connectivity index (χ1) is 8.69. The lowest BCUT2D eigenvalue weighted by atomic mass is 9.83. The largest absolute Gasteiger partial charge is 0.382 e. The Hall–Kier alpha value is -0.210. The van der Waals surface area contributed by atoms with Crippen LogP contribution in [-0.2, 0) is 0 Å². The highest BCUT2D eigenvalue weighted by molar-refractivity contribution is 9.10. The Morgan fingerprint density at radius 3 is 2.61 bits per heavy atom. The molecule has 18 heavy (non-hydrogen) atoms. The van der Waals surface area contributed by atoms with Gasteiger partial charge in [0.05, 0.1) is 5.02 Å². The van der Waals surface area contributed by atoms with Crippen LogP contribution < -0.4 is 5.32 Å². The highest BCUT2D eigenvalue weighted by Gasteiger charge is 2.20. The Bertz CT molecular complexity index is 386. The Balaban J connectivity index is 1.85. The number of benzene rings is 1. The standard InChI is InChI=1S/C15H21BrClN/c1-2-3-11-4-6-12(7-5-11)18-13-8-9-14(16)15(17)10-13/h8-12,18H,2-7H2,1H3. The molecule has 0 unspecified atom stereocenters. The molecule has 100 valence electrons. The highest BCUT2D eigenvalue weighted by Crippen LogP contribution is 2.31. The van der Waals surface area contributed by atoms with Crippen molar-refractivity contribution in [1.29, 1.82) is 0 Å². The molecule has 0 atom stereocenters. The summed E-state index contributed by atoms with van der Waals surface area (Å²) in [7, 11) is 0. The van der Waals surface area contributed by atoms with Crippen molar-refractivity contribution >= 4 is 33.2 Å². The van der Waals surface area contributed by atoms with Crippen LogP contribution in [0.1, 0.15) is 45.4 Å². The summed E-state index contributed by atoms with van der Waals surface area (Å²) in [6, 6.07) is 6.72. The number of anilines is 1. The van der Waals surface area contributed by atoms with Crippen LogP contribution in [0.3, 0.4) is 0 Å². The minimum absolute atomic E-state index is 0.621. The Labute approximate surface area is 123 Å². The van der Waals surface area contributed by atoms with Gasteiger partial charge in [0.2, 0.25) is 0 Å². The molecule has 1 aliphatic rings. The summed E-state index contributed by atoms with van der Waals surface area (Å²) < 4.78 is 0.960. The lowest BCUT2D eigenvalue weighted by Crippen LogP contribution is -2.26. The van der Waals surface area contributed by atoms with Crippen LogP contribution in [0.25, 0.3) is 0 Å². The van der Waals surface area contributed by atoms with Crippen molar-refractivity contribution in [1.82, 2.24) is 0 Å². The fraction of sp³-hybridized carbons (Fsp3) is 0.600. The summed E-state index contributed by atoms with van der Waals surface area (Å²) in [5.74, 6) is 0.960. The maximum atomic E-state index is 6.11. The molecular formula is C15H21BrClN. The van der Waals surface area contributed by atoms with Gasteiger partial charge in [0, 0.05) is 16.2 Å². The molecule has 0 radical (unpaired) electrons. The average Bonchev–Trinajstić information content (AvgIpc) is 2.37. The van der Waals surface area contributed by atoms with Crippen molar-refractivity contribution in [2.75, 3.05) is 5.32 Å². The molecule has 1 aromatic rings. The third-order valence-electron chi connectivity index (χ3n) is 3.83. The van der Waals surface area contributed by atoms with E-state index in [0.29, 0.717) is 6.04 Å². The summed E-state index contributed by atoms with van der Waals surface area (Å²) in [5.41, 5.74) is 1.14. The van der Waals surface area contributed by atoms with Crippen molar-refractivity contribution in [3.8, 4) is 0 Å². The van der Waals surface area contributed by atoms with Gasteiger partial charge in [0.15, 0.2) is 0 Å². The van der Waals surface area contributed by atoms with Gasteiger partial charge in [-0.2, -0.15) is 0 Å². The van der Waals surface area contributed by atoms with Gasteiger partial charge in [0.1, 0.15) is 0 Å². The second-order valence-electron chi connectivity index (χ2n) is 5.28. The first kappa shape index (κ1) is 14.2. The van der Waals surface area contributed by atoms with Crippen LogP contribution in [0.4, 0.5) is 5.69 Å². The molecular weight excluding hydrogens is 310 g/mol. The van der Waals surface area contributed by atoms with Crippen LogP contribution in [0.15, 0.2) is 22.7 Å². The molecule has 0 spiro atoms. The number of nitrogens with one attached hydrogen (secondary N) is 1. The van der Waals surface area contributed by atoms with E-state index in [4.69, 9.17) is 11.6 Å². The topological polar surface area (TPSA) is 12.0 Å². The molecule has 0 aliphatic heterocycles. The summed E-state index contributed by atoms with van der Waals surface area (Å²) in [4.78, 5) is 0. The summed E-state index contributed by atoms with van der Waals surface area (Å²) in [5, 5.41) is 4.38. The zero-order chi connectivity index (χ0) is 13.0. The molecule has 1 N–H and O–H groups in total. The van der Waals surface area contributed by atoms with Crippen molar-refractivity contribution in [3.05, 3.63) is 27.7 Å². The van der Waals surface area contributed by atoms with Gasteiger partial charge in [-0.05, 0) is 65.7 Å². The third kappa shape index (κ3) is 3.89. The molecule has 1 aromatic carbocycles. The van der Waals surface area contributed by atoms with Crippen LogP contribution in [0, 0.1) is 5.92 Å². The van der Waals surface area contributed by atoms with Gasteiger partial charge in [-0.25, -0.2) is 0 Å². The highest BCUT2D eigenvalue weighted by atomic mass is 79.9. The quantitative estimate of drug-likeness (QED) is 0.727. The molecule has 3 heteroatoms. The van der Waals surface area contributed by atoms with Crippen LogP contribution in [-0.4, -0.2) is 6.04 Å². The van der Waals surface area contributed by atoms with Gasteiger partial charge in [0.25, 0.3) is 0 Å². The van der Waals surface area contributed by atoms with Crippen molar-refractivity contribution in [2.45, 2.75) is 51.5 Å². The molecule has 1 aliphatic carbocycles. The van der Waals surface area contributed by atoms with Gasteiger partial charge in [-0.3, -0.25) is 0 Å². The maximum Gasteiger partial charge on any atom is 0.0568 e. The Morgan fingerprint density at radius 1 is 1.28 bits per heavy atom. The first-order valence-electron chi connectivity index (χ1n) is 6.90. The molecule has 1 nitrogen and oxygen atoms in total. The van der Waals surface area contributed by atoms with E-state index in [1.807, 2.05) is 12.1 Å². The maximum absolute atomic E-state index is 6.11. The molecule has 1 saturated carbocycles. The number of rotatable bonds is 4. The summed E-state index contributed by atoms with van der Waals surface area (Å²) >= 11 is 9.53. The van der Waals surface area contributed by atoms with E-state index in [0.717, 1.165) is 21.1 Å². The Kier molecular flexibility index (Phi) is 5.38. The summed E-state index contributed by atoms with van der Waals surface area (Å²) in [6.45, 7) is 2.29. The summed E-state index contributed by atoms with van der Waals surface area (Å²) in [6.07, 6.45) is 8.05. The van der Waals surface area contributed by atoms with E-state index in [1.54, 1.807) is 0 Å². The SMILES string of the molecule is CCCC1CCC(Nc2ccc(Br)c(Cl)c2)CC1. The Morgan fingerprint density at radius 2 is 2.00 bits per heavy atom. The monoisotopic (exact) mass is 329 g/mol. The van der Waals surface area contributed by atoms with E-state index in [-0.39, 0.29) is 0 Å². The van der Waals surface area contributed by atoms with E-state index < -0.39 is 0 Å². The molecule has 2 rings (SSSR count). The number of hydrogen-bond acceptors (Lipinski definition) is 1. The van der Waals surface area contributed by atoms with E-state index in [9.17, 15) is 0 Å².